The van der Waals surface area contributed by atoms with Crippen LogP contribution < -0.4 is 19.1 Å². The van der Waals surface area contributed by atoms with E-state index in [4.69, 9.17) is 32.7 Å². The number of hydrogen-bond acceptors (Lipinski definition) is 6. The summed E-state index contributed by atoms with van der Waals surface area (Å²) < 4.78 is 39.9. The summed E-state index contributed by atoms with van der Waals surface area (Å²) in [5, 5.41) is 3.54. The molecule has 2 atom stereocenters. The quantitative estimate of drug-likeness (QED) is 0.249. The summed E-state index contributed by atoms with van der Waals surface area (Å²) in [5.41, 5.74) is 1.81. The molecule has 0 unspecified atom stereocenters. The summed E-state index contributed by atoms with van der Waals surface area (Å²) in [6.45, 7) is 6.69. The standard InChI is InChI=1S/C31H37Cl2N3O6S/c1-7-21(3)34-31(38)22(4)35(18-23-10-14-26(32)27(33)16-23)30(37)19-36(24-11-8-20(2)9-12-24)43(39,40)25-13-15-28(41-5)29(17-25)42-6/h8-17,21-22H,7,18-19H2,1-6H3,(H,34,38)/t21-,22-/m1/s1. The third kappa shape index (κ3) is 8.34. The number of carbonyl (C=O) groups excluding carboxylic acids is 2. The van der Waals surface area contributed by atoms with Crippen LogP contribution in [0.4, 0.5) is 5.69 Å². The van der Waals surface area contributed by atoms with E-state index in [9.17, 15) is 18.0 Å². The second-order valence-corrected chi connectivity index (χ2v) is 12.8. The number of sulfonamides is 1. The Bertz CT molecular complexity index is 1550. The number of nitrogens with zero attached hydrogens (tertiary/aromatic N) is 2. The lowest BCUT2D eigenvalue weighted by molar-refractivity contribution is -0.139. The maximum absolute atomic E-state index is 14.1. The molecule has 9 nitrogen and oxygen atoms in total. The molecule has 0 aliphatic carbocycles. The molecule has 3 aromatic carbocycles. The Hall–Kier alpha value is -3.47. The number of amides is 2. The highest BCUT2D eigenvalue weighted by Gasteiger charge is 2.33. The largest absolute Gasteiger partial charge is 0.493 e. The Morgan fingerprint density at radius 1 is 0.907 bits per heavy atom. The number of halogens is 2. The van der Waals surface area contributed by atoms with Crippen LogP contribution in [0.5, 0.6) is 11.5 Å². The lowest BCUT2D eigenvalue weighted by Crippen LogP contribution is -2.52. The molecule has 2 amide bonds. The van der Waals surface area contributed by atoms with Crippen molar-refractivity contribution in [1.29, 1.82) is 0 Å². The van der Waals surface area contributed by atoms with Gasteiger partial charge in [-0.05, 0) is 69.2 Å². The Morgan fingerprint density at radius 2 is 1.56 bits per heavy atom. The Balaban J connectivity index is 2.08. The zero-order chi connectivity index (χ0) is 31.9. The predicted molar refractivity (Wildman–Crippen MR) is 170 cm³/mol. The van der Waals surface area contributed by atoms with Crippen LogP contribution in [0.25, 0.3) is 0 Å². The van der Waals surface area contributed by atoms with E-state index < -0.39 is 28.5 Å². The fourth-order valence-electron chi connectivity index (χ4n) is 4.23. The van der Waals surface area contributed by atoms with Gasteiger partial charge in [-0.2, -0.15) is 0 Å². The first-order valence-electron chi connectivity index (χ1n) is 13.7. The smallest absolute Gasteiger partial charge is 0.264 e. The highest BCUT2D eigenvalue weighted by Crippen LogP contribution is 2.32. The summed E-state index contributed by atoms with van der Waals surface area (Å²) in [4.78, 5) is 28.5. The van der Waals surface area contributed by atoms with Gasteiger partial charge in [-0.1, -0.05) is 53.9 Å². The van der Waals surface area contributed by atoms with Crippen molar-refractivity contribution in [2.24, 2.45) is 0 Å². The van der Waals surface area contributed by atoms with Gasteiger partial charge in [0.1, 0.15) is 12.6 Å². The number of ether oxygens (including phenoxy) is 2. The molecule has 43 heavy (non-hydrogen) atoms. The van der Waals surface area contributed by atoms with Gasteiger partial charge < -0.3 is 19.7 Å². The third-order valence-electron chi connectivity index (χ3n) is 7.05. The lowest BCUT2D eigenvalue weighted by Gasteiger charge is -2.32. The van der Waals surface area contributed by atoms with E-state index in [2.05, 4.69) is 5.32 Å². The van der Waals surface area contributed by atoms with Crippen LogP contribution in [0.1, 0.15) is 38.3 Å². The molecule has 3 rings (SSSR count). The van der Waals surface area contributed by atoms with Crippen LogP contribution in [-0.4, -0.2) is 58.0 Å². The fraction of sp³-hybridized carbons (Fsp3) is 0.355. The summed E-state index contributed by atoms with van der Waals surface area (Å²) in [6.07, 6.45) is 0.698. The van der Waals surface area contributed by atoms with Crippen LogP contribution in [0.15, 0.2) is 65.6 Å². The van der Waals surface area contributed by atoms with Crippen molar-refractivity contribution in [3.05, 3.63) is 81.8 Å². The molecular weight excluding hydrogens is 613 g/mol. The van der Waals surface area contributed by atoms with Crippen molar-refractivity contribution in [2.45, 2.75) is 57.6 Å². The summed E-state index contributed by atoms with van der Waals surface area (Å²) in [7, 11) is -1.44. The number of anilines is 1. The number of aryl methyl sites for hydroxylation is 1. The minimum atomic E-state index is -4.30. The number of carbonyl (C=O) groups is 2. The van der Waals surface area contributed by atoms with Gasteiger partial charge in [0.05, 0.1) is 34.8 Å². The summed E-state index contributed by atoms with van der Waals surface area (Å²) in [6, 6.07) is 14.9. The molecule has 0 bridgehead atoms. The Labute approximate surface area is 263 Å². The van der Waals surface area contributed by atoms with Crippen LogP contribution in [0.3, 0.4) is 0 Å². The molecule has 0 spiro atoms. The van der Waals surface area contributed by atoms with Crippen LogP contribution in [0, 0.1) is 6.92 Å². The molecule has 0 fully saturated rings. The SMILES string of the molecule is CC[C@@H](C)NC(=O)[C@@H](C)N(Cc1ccc(Cl)c(Cl)c1)C(=O)CN(c1ccc(C)cc1)S(=O)(=O)c1ccc(OC)c(OC)c1. The first-order chi connectivity index (χ1) is 20.3. The number of nitrogens with one attached hydrogen (secondary N) is 1. The molecule has 232 valence electrons. The van der Waals surface area contributed by atoms with E-state index in [0.29, 0.717) is 27.8 Å². The molecule has 0 aliphatic rings. The second-order valence-electron chi connectivity index (χ2n) is 10.1. The van der Waals surface area contributed by atoms with E-state index in [0.717, 1.165) is 9.87 Å². The van der Waals surface area contributed by atoms with Crippen molar-refractivity contribution in [3.63, 3.8) is 0 Å². The van der Waals surface area contributed by atoms with E-state index in [-0.39, 0.29) is 34.8 Å². The van der Waals surface area contributed by atoms with Crippen LogP contribution in [-0.2, 0) is 26.2 Å². The van der Waals surface area contributed by atoms with E-state index in [1.54, 1.807) is 49.4 Å². The molecule has 1 N–H and O–H groups in total. The third-order valence-corrected chi connectivity index (χ3v) is 9.56. The number of rotatable bonds is 13. The van der Waals surface area contributed by atoms with E-state index in [1.807, 2.05) is 20.8 Å². The first-order valence-corrected chi connectivity index (χ1v) is 15.9. The van der Waals surface area contributed by atoms with Gasteiger partial charge in [0, 0.05) is 18.7 Å². The molecule has 0 saturated carbocycles. The van der Waals surface area contributed by atoms with E-state index in [1.165, 1.54) is 37.3 Å². The normalized spacial score (nSPS) is 12.7. The van der Waals surface area contributed by atoms with Crippen molar-refractivity contribution < 1.29 is 27.5 Å². The Morgan fingerprint density at radius 3 is 2.14 bits per heavy atom. The summed E-state index contributed by atoms with van der Waals surface area (Å²) in [5.74, 6) is -0.390. The average Bonchev–Trinajstić information content (AvgIpc) is 2.99. The van der Waals surface area contributed by atoms with Crippen LogP contribution in [0.2, 0.25) is 10.0 Å². The highest BCUT2D eigenvalue weighted by molar-refractivity contribution is 7.92. The molecular formula is C31H37Cl2N3O6S. The van der Waals surface area contributed by atoms with Crippen molar-refractivity contribution >= 4 is 50.7 Å². The molecule has 0 saturated heterocycles. The monoisotopic (exact) mass is 649 g/mol. The average molecular weight is 651 g/mol. The second kappa shape index (κ2) is 14.8. The van der Waals surface area contributed by atoms with Gasteiger partial charge >= 0.3 is 0 Å². The predicted octanol–water partition coefficient (Wildman–Crippen LogP) is 5.85. The lowest BCUT2D eigenvalue weighted by atomic mass is 10.1. The maximum atomic E-state index is 14.1. The van der Waals surface area contributed by atoms with Crippen molar-refractivity contribution in [3.8, 4) is 11.5 Å². The van der Waals surface area contributed by atoms with Gasteiger partial charge in [0.15, 0.2) is 11.5 Å². The van der Waals surface area contributed by atoms with Crippen molar-refractivity contribution in [1.82, 2.24) is 10.2 Å². The molecule has 12 heteroatoms. The number of hydrogen-bond donors (Lipinski definition) is 1. The molecule has 0 heterocycles. The first kappa shape index (κ1) is 34.0. The maximum Gasteiger partial charge on any atom is 0.264 e. The zero-order valence-electron chi connectivity index (χ0n) is 25.1. The fourth-order valence-corrected chi connectivity index (χ4v) is 5.98. The minimum absolute atomic E-state index is 0.0110. The molecule has 0 aromatic heterocycles. The molecule has 3 aromatic rings. The summed E-state index contributed by atoms with van der Waals surface area (Å²) >= 11 is 12.3. The topological polar surface area (TPSA) is 105 Å². The minimum Gasteiger partial charge on any atom is -0.493 e. The number of benzene rings is 3. The van der Waals surface area contributed by atoms with Gasteiger partial charge in [0.2, 0.25) is 11.8 Å². The molecule has 0 aliphatic heterocycles. The van der Waals surface area contributed by atoms with Crippen LogP contribution >= 0.6 is 23.2 Å². The highest BCUT2D eigenvalue weighted by atomic mass is 35.5. The van der Waals surface area contributed by atoms with Gasteiger partial charge in [-0.3, -0.25) is 13.9 Å². The zero-order valence-corrected chi connectivity index (χ0v) is 27.4. The number of methoxy groups -OCH3 is 2. The van der Waals surface area contributed by atoms with Gasteiger partial charge in [0.25, 0.3) is 10.0 Å². The molecule has 0 radical (unpaired) electrons. The van der Waals surface area contributed by atoms with Gasteiger partial charge in [-0.15, -0.1) is 0 Å². The van der Waals surface area contributed by atoms with Gasteiger partial charge in [-0.25, -0.2) is 8.42 Å². The Kier molecular flexibility index (Phi) is 11.7. The van der Waals surface area contributed by atoms with Crippen molar-refractivity contribution in [2.75, 3.05) is 25.1 Å². The van der Waals surface area contributed by atoms with E-state index >= 15 is 0 Å².